The third kappa shape index (κ3) is 17.7. The summed E-state index contributed by atoms with van der Waals surface area (Å²) >= 11 is 0. The molecule has 0 rings (SSSR count). The van der Waals surface area contributed by atoms with Gasteiger partial charge in [0, 0.05) is 11.1 Å². The highest BCUT2D eigenvalue weighted by Crippen LogP contribution is 1.94. The maximum absolute atomic E-state index is 11.3. The highest BCUT2D eigenvalue weighted by atomic mass is 16.7. The van der Waals surface area contributed by atoms with Crippen molar-refractivity contribution in [3.63, 3.8) is 0 Å². The van der Waals surface area contributed by atoms with Crippen molar-refractivity contribution in [2.75, 3.05) is 66.1 Å². The summed E-state index contributed by atoms with van der Waals surface area (Å²) in [6.07, 6.45) is -1.82. The van der Waals surface area contributed by atoms with Gasteiger partial charge in [-0.05, 0) is 13.8 Å². The average Bonchev–Trinajstić information content (AvgIpc) is 2.74. The maximum atomic E-state index is 11.3. The SMILES string of the molecule is C=C(C)C(=O)OCCOC(=O)OCCOCCOCCOC(=O)OCCOC(=O)C(=C)C. The summed E-state index contributed by atoms with van der Waals surface area (Å²) in [7, 11) is 0. The number of rotatable bonds is 17. The molecular formula is C20H30O12. The van der Waals surface area contributed by atoms with Crippen LogP contribution in [-0.4, -0.2) is 90.3 Å². The van der Waals surface area contributed by atoms with Crippen molar-refractivity contribution in [3.8, 4) is 0 Å². The molecule has 0 radical (unpaired) electrons. The van der Waals surface area contributed by atoms with E-state index in [0.29, 0.717) is 0 Å². The van der Waals surface area contributed by atoms with Crippen LogP contribution in [-0.2, 0) is 47.5 Å². The minimum Gasteiger partial charge on any atom is -0.459 e. The molecule has 0 bridgehead atoms. The first-order valence-corrected chi connectivity index (χ1v) is 9.64. The molecule has 0 amide bonds. The second-order valence-corrected chi connectivity index (χ2v) is 5.95. The van der Waals surface area contributed by atoms with Crippen LogP contribution in [0, 0.1) is 0 Å². The second-order valence-electron chi connectivity index (χ2n) is 5.95. The van der Waals surface area contributed by atoms with Gasteiger partial charge in [-0.15, -0.1) is 0 Å². The molecule has 182 valence electrons. The number of carbonyl (C=O) groups excluding carboxylic acids is 4. The Kier molecular flexibility index (Phi) is 16.8. The van der Waals surface area contributed by atoms with Gasteiger partial charge in [0.1, 0.15) is 39.6 Å². The highest BCUT2D eigenvalue weighted by molar-refractivity contribution is 5.87. The van der Waals surface area contributed by atoms with Gasteiger partial charge in [-0.2, -0.15) is 0 Å². The Bertz CT molecular complexity index is 574. The van der Waals surface area contributed by atoms with E-state index in [1.807, 2.05) is 0 Å². The first kappa shape index (κ1) is 28.9. The summed E-state index contributed by atoms with van der Waals surface area (Å²) < 4.78 is 38.7. The van der Waals surface area contributed by atoms with E-state index >= 15 is 0 Å². The summed E-state index contributed by atoms with van der Waals surface area (Å²) in [5.41, 5.74) is 0.499. The van der Waals surface area contributed by atoms with Crippen molar-refractivity contribution in [2.45, 2.75) is 13.8 Å². The molecule has 0 fully saturated rings. The molecule has 12 nitrogen and oxygen atoms in total. The monoisotopic (exact) mass is 462 g/mol. The molecule has 32 heavy (non-hydrogen) atoms. The Balaban J connectivity index is 3.39. The molecule has 12 heteroatoms. The zero-order valence-corrected chi connectivity index (χ0v) is 18.4. The molecule has 0 aliphatic rings. The summed E-state index contributed by atoms with van der Waals surface area (Å²) in [6.45, 7) is 10.0. The predicted octanol–water partition coefficient (Wildman–Crippen LogP) is 1.56. The van der Waals surface area contributed by atoms with Gasteiger partial charge in [0.05, 0.1) is 26.4 Å². The van der Waals surface area contributed by atoms with E-state index in [1.165, 1.54) is 13.8 Å². The lowest BCUT2D eigenvalue weighted by atomic mass is 10.4. The third-order valence-electron chi connectivity index (χ3n) is 3.04. The lowest BCUT2D eigenvalue weighted by Gasteiger charge is -2.09. The van der Waals surface area contributed by atoms with Gasteiger partial charge >= 0.3 is 24.2 Å². The molecule has 0 aromatic carbocycles. The maximum Gasteiger partial charge on any atom is 0.508 e. The Morgan fingerprint density at radius 1 is 0.469 bits per heavy atom. The molecule has 0 unspecified atom stereocenters. The van der Waals surface area contributed by atoms with Gasteiger partial charge in [-0.1, -0.05) is 13.2 Å². The molecular weight excluding hydrogens is 432 g/mol. The first-order valence-electron chi connectivity index (χ1n) is 9.64. The van der Waals surface area contributed by atoms with Gasteiger partial charge in [0.15, 0.2) is 0 Å². The van der Waals surface area contributed by atoms with Crippen molar-refractivity contribution < 1.29 is 57.1 Å². The Morgan fingerprint density at radius 2 is 0.719 bits per heavy atom. The van der Waals surface area contributed by atoms with Crippen LogP contribution in [0.2, 0.25) is 0 Å². The summed E-state index contributed by atoms with van der Waals surface area (Å²) in [5, 5.41) is 0. The molecule has 0 N–H and O–H groups in total. The topological polar surface area (TPSA) is 142 Å². The van der Waals surface area contributed by atoms with Gasteiger partial charge in [-0.3, -0.25) is 0 Å². The Labute approximate surface area is 186 Å². The first-order chi connectivity index (χ1) is 15.2. The number of carbonyl (C=O) groups is 4. The van der Waals surface area contributed by atoms with E-state index in [4.69, 9.17) is 28.4 Å². The summed E-state index contributed by atoms with van der Waals surface area (Å²) in [5.74, 6) is -1.13. The Hall–Kier alpha value is -3.12. The smallest absolute Gasteiger partial charge is 0.459 e. The summed E-state index contributed by atoms with van der Waals surface area (Å²) in [6, 6.07) is 0. The van der Waals surface area contributed by atoms with Crippen molar-refractivity contribution in [3.05, 3.63) is 24.3 Å². The minimum absolute atomic E-state index is 0.0268. The standard InChI is InChI=1S/C20H30O12/c1-15(2)17(21)27-11-13-31-19(23)29-9-7-25-5-6-26-8-10-30-20(24)32-14-12-28-18(22)16(3)4/h1,3,5-14H2,2,4H3. The van der Waals surface area contributed by atoms with E-state index in [0.717, 1.165) is 0 Å². The highest BCUT2D eigenvalue weighted by Gasteiger charge is 2.07. The van der Waals surface area contributed by atoms with Crippen LogP contribution in [0.25, 0.3) is 0 Å². The molecule has 0 saturated heterocycles. The third-order valence-corrected chi connectivity index (χ3v) is 3.04. The van der Waals surface area contributed by atoms with Crippen LogP contribution < -0.4 is 0 Å². The van der Waals surface area contributed by atoms with Gasteiger partial charge < -0.3 is 37.9 Å². The lowest BCUT2D eigenvalue weighted by Crippen LogP contribution is -2.18. The zero-order chi connectivity index (χ0) is 24.2. The van der Waals surface area contributed by atoms with Crippen LogP contribution in [0.1, 0.15) is 13.8 Å². The minimum atomic E-state index is -0.908. The van der Waals surface area contributed by atoms with Gasteiger partial charge in [-0.25, -0.2) is 19.2 Å². The fraction of sp³-hybridized carbons (Fsp3) is 0.600. The number of hydrogen-bond acceptors (Lipinski definition) is 12. The van der Waals surface area contributed by atoms with E-state index < -0.39 is 24.2 Å². The van der Waals surface area contributed by atoms with Crippen molar-refractivity contribution in [1.82, 2.24) is 0 Å². The van der Waals surface area contributed by atoms with Crippen LogP contribution in [0.5, 0.6) is 0 Å². The van der Waals surface area contributed by atoms with Crippen LogP contribution in [0.4, 0.5) is 9.59 Å². The van der Waals surface area contributed by atoms with Crippen LogP contribution in [0.15, 0.2) is 24.3 Å². The number of esters is 2. The number of ether oxygens (including phenoxy) is 8. The molecule has 0 aliphatic heterocycles. The quantitative estimate of drug-likeness (QED) is 0.134. The molecule has 0 atom stereocenters. The van der Waals surface area contributed by atoms with Gasteiger partial charge in [0.2, 0.25) is 0 Å². The van der Waals surface area contributed by atoms with Crippen molar-refractivity contribution in [2.24, 2.45) is 0 Å². The van der Waals surface area contributed by atoms with Crippen LogP contribution in [0.3, 0.4) is 0 Å². The fourth-order valence-corrected chi connectivity index (χ4v) is 1.54. The van der Waals surface area contributed by atoms with E-state index in [9.17, 15) is 19.2 Å². The molecule has 0 spiro atoms. The molecule has 0 aromatic heterocycles. The van der Waals surface area contributed by atoms with Crippen molar-refractivity contribution >= 4 is 24.2 Å². The zero-order valence-electron chi connectivity index (χ0n) is 18.4. The second kappa shape index (κ2) is 18.6. The fourth-order valence-electron chi connectivity index (χ4n) is 1.54. The average molecular weight is 462 g/mol. The van der Waals surface area contributed by atoms with Crippen molar-refractivity contribution in [1.29, 1.82) is 0 Å². The molecule has 0 aliphatic carbocycles. The number of hydrogen-bond donors (Lipinski definition) is 0. The molecule has 0 saturated carbocycles. The van der Waals surface area contributed by atoms with E-state index in [1.54, 1.807) is 0 Å². The molecule has 0 aromatic rings. The van der Waals surface area contributed by atoms with E-state index in [2.05, 4.69) is 22.6 Å². The molecule has 0 heterocycles. The van der Waals surface area contributed by atoms with Gasteiger partial charge in [0.25, 0.3) is 0 Å². The lowest BCUT2D eigenvalue weighted by molar-refractivity contribution is -0.141. The normalized spacial score (nSPS) is 9.94. The predicted molar refractivity (Wildman–Crippen MR) is 108 cm³/mol. The van der Waals surface area contributed by atoms with E-state index in [-0.39, 0.29) is 77.2 Å². The largest absolute Gasteiger partial charge is 0.508 e. The summed E-state index contributed by atoms with van der Waals surface area (Å²) in [4.78, 5) is 44.7. The Morgan fingerprint density at radius 3 is 1.03 bits per heavy atom. The van der Waals surface area contributed by atoms with Crippen LogP contribution >= 0.6 is 0 Å².